The van der Waals surface area contributed by atoms with Gasteiger partial charge in [-0.3, -0.25) is 4.79 Å². The molecule has 1 amide bonds. The van der Waals surface area contributed by atoms with Gasteiger partial charge in [0, 0.05) is 11.6 Å². The first kappa shape index (κ1) is 22.9. The van der Waals surface area contributed by atoms with E-state index < -0.39 is 30.0 Å². The van der Waals surface area contributed by atoms with Crippen molar-refractivity contribution >= 4 is 5.91 Å². The molecule has 1 heterocycles. The molecule has 0 spiro atoms. The van der Waals surface area contributed by atoms with Gasteiger partial charge in [0.25, 0.3) is 5.91 Å². The summed E-state index contributed by atoms with van der Waals surface area (Å²) < 4.78 is 54.3. The molecule has 32 heavy (non-hydrogen) atoms. The molecular formula is C22H20F3N3O4. The van der Waals surface area contributed by atoms with Gasteiger partial charge in [0.05, 0.1) is 24.9 Å². The zero-order valence-electron chi connectivity index (χ0n) is 17.1. The highest BCUT2D eigenvalue weighted by Gasteiger charge is 2.34. The highest BCUT2D eigenvalue weighted by Crippen LogP contribution is 2.35. The van der Waals surface area contributed by atoms with Crippen LogP contribution in [0.5, 0.6) is 17.4 Å². The van der Waals surface area contributed by atoms with Crippen LogP contribution in [0.2, 0.25) is 0 Å². The van der Waals surface area contributed by atoms with Crippen molar-refractivity contribution in [2.75, 3.05) is 26.9 Å². The minimum absolute atomic E-state index is 0.0987. The zero-order valence-corrected chi connectivity index (χ0v) is 17.1. The van der Waals surface area contributed by atoms with Crippen LogP contribution in [0.3, 0.4) is 0 Å². The number of methoxy groups -OCH3 is 1. The largest absolute Gasteiger partial charge is 0.497 e. The number of nitrogens with zero attached hydrogens (tertiary/aromatic N) is 2. The number of amides is 1. The number of para-hydroxylation sites is 1. The molecule has 0 aliphatic rings. The van der Waals surface area contributed by atoms with Crippen LogP contribution in [-0.4, -0.2) is 43.0 Å². The van der Waals surface area contributed by atoms with Gasteiger partial charge >= 0.3 is 6.18 Å². The van der Waals surface area contributed by atoms with Crippen LogP contribution in [-0.2, 0) is 11.0 Å². The van der Waals surface area contributed by atoms with Crippen molar-refractivity contribution in [3.8, 4) is 28.6 Å². The Morgan fingerprint density at radius 2 is 1.72 bits per heavy atom. The Balaban J connectivity index is 1.41. The smallest absolute Gasteiger partial charge is 0.419 e. The van der Waals surface area contributed by atoms with Crippen molar-refractivity contribution < 1.29 is 32.2 Å². The fourth-order valence-electron chi connectivity index (χ4n) is 2.68. The molecule has 0 aliphatic heterocycles. The van der Waals surface area contributed by atoms with Crippen LogP contribution in [0, 0.1) is 0 Å². The van der Waals surface area contributed by atoms with Gasteiger partial charge < -0.3 is 19.5 Å². The second-order valence-corrected chi connectivity index (χ2v) is 6.47. The molecule has 0 radical (unpaired) electrons. The third-order valence-electron chi connectivity index (χ3n) is 4.25. The monoisotopic (exact) mass is 447 g/mol. The molecule has 1 N–H and O–H groups in total. The molecule has 7 nitrogen and oxygen atoms in total. The zero-order chi connectivity index (χ0) is 23.0. The van der Waals surface area contributed by atoms with Gasteiger partial charge in [-0.2, -0.15) is 13.2 Å². The molecule has 0 bridgehead atoms. The van der Waals surface area contributed by atoms with Gasteiger partial charge in [-0.15, -0.1) is 10.2 Å². The van der Waals surface area contributed by atoms with Crippen LogP contribution >= 0.6 is 0 Å². The second kappa shape index (κ2) is 10.5. The molecule has 0 fully saturated rings. The summed E-state index contributed by atoms with van der Waals surface area (Å²) in [6.45, 7) is -0.337. The standard InChI is InChI=1S/C22H20F3N3O4/c1-30-16-8-6-15(7-9-16)18-10-11-21(28-27-18)31-13-12-26-20(29)14-32-19-5-3-2-4-17(19)22(23,24)25/h2-11H,12-14H2,1H3,(H,26,29). The maximum absolute atomic E-state index is 12.9. The maximum atomic E-state index is 12.9. The van der Waals surface area contributed by atoms with Crippen molar-refractivity contribution in [3.05, 3.63) is 66.2 Å². The number of hydrogen-bond donors (Lipinski definition) is 1. The normalized spacial score (nSPS) is 11.0. The number of benzene rings is 2. The van der Waals surface area contributed by atoms with Crippen LogP contribution in [0.15, 0.2) is 60.7 Å². The predicted molar refractivity (Wildman–Crippen MR) is 109 cm³/mol. The van der Waals surface area contributed by atoms with E-state index in [1.54, 1.807) is 19.2 Å². The Morgan fingerprint density at radius 3 is 2.38 bits per heavy atom. The van der Waals surface area contributed by atoms with E-state index in [1.807, 2.05) is 24.3 Å². The van der Waals surface area contributed by atoms with Crippen LogP contribution < -0.4 is 19.5 Å². The van der Waals surface area contributed by atoms with Crippen molar-refractivity contribution in [1.29, 1.82) is 0 Å². The van der Waals surface area contributed by atoms with Crippen molar-refractivity contribution in [3.63, 3.8) is 0 Å². The lowest BCUT2D eigenvalue weighted by atomic mass is 10.1. The van der Waals surface area contributed by atoms with E-state index in [0.29, 0.717) is 5.69 Å². The van der Waals surface area contributed by atoms with E-state index in [-0.39, 0.29) is 19.0 Å². The van der Waals surface area contributed by atoms with E-state index in [1.165, 1.54) is 12.1 Å². The summed E-state index contributed by atoms with van der Waals surface area (Å²) in [7, 11) is 1.59. The Bertz CT molecular complexity index is 1030. The average molecular weight is 447 g/mol. The first-order chi connectivity index (χ1) is 15.4. The van der Waals surface area contributed by atoms with Gasteiger partial charge in [-0.25, -0.2) is 0 Å². The second-order valence-electron chi connectivity index (χ2n) is 6.47. The first-order valence-corrected chi connectivity index (χ1v) is 9.53. The van der Waals surface area contributed by atoms with Crippen LogP contribution in [0.25, 0.3) is 11.3 Å². The summed E-state index contributed by atoms with van der Waals surface area (Å²) in [6, 6.07) is 15.4. The van der Waals surface area contributed by atoms with Crippen molar-refractivity contribution in [1.82, 2.24) is 15.5 Å². The summed E-state index contributed by atoms with van der Waals surface area (Å²) in [6.07, 6.45) is -4.56. The molecule has 0 atom stereocenters. The summed E-state index contributed by atoms with van der Waals surface area (Å²) in [4.78, 5) is 11.8. The summed E-state index contributed by atoms with van der Waals surface area (Å²) in [5.41, 5.74) is 0.585. The van der Waals surface area contributed by atoms with Crippen molar-refractivity contribution in [2.24, 2.45) is 0 Å². The number of ether oxygens (including phenoxy) is 3. The Kier molecular flexibility index (Phi) is 7.48. The van der Waals surface area contributed by atoms with Gasteiger partial charge in [-0.1, -0.05) is 12.1 Å². The van der Waals surface area contributed by atoms with Crippen molar-refractivity contribution in [2.45, 2.75) is 6.18 Å². The van der Waals surface area contributed by atoms with Crippen LogP contribution in [0.1, 0.15) is 5.56 Å². The molecule has 0 saturated carbocycles. The Labute approximate surface area is 182 Å². The number of carbonyl (C=O) groups is 1. The molecule has 0 aliphatic carbocycles. The van der Waals surface area contributed by atoms with Gasteiger partial charge in [0.2, 0.25) is 5.88 Å². The third kappa shape index (κ3) is 6.34. The topological polar surface area (TPSA) is 82.6 Å². The number of alkyl halides is 3. The molecular weight excluding hydrogens is 427 g/mol. The molecule has 1 aromatic heterocycles. The van der Waals surface area contributed by atoms with Gasteiger partial charge in [-0.05, 0) is 42.5 Å². The highest BCUT2D eigenvalue weighted by atomic mass is 19.4. The Morgan fingerprint density at radius 1 is 0.969 bits per heavy atom. The molecule has 3 aromatic rings. The lowest BCUT2D eigenvalue weighted by Gasteiger charge is -2.13. The number of hydrogen-bond acceptors (Lipinski definition) is 6. The summed E-state index contributed by atoms with van der Waals surface area (Å²) in [5, 5.41) is 10.6. The van der Waals surface area contributed by atoms with E-state index in [0.717, 1.165) is 23.4 Å². The number of nitrogens with one attached hydrogen (secondary N) is 1. The summed E-state index contributed by atoms with van der Waals surface area (Å²) in [5.74, 6) is 0.0238. The number of rotatable bonds is 9. The SMILES string of the molecule is COc1ccc(-c2ccc(OCCNC(=O)COc3ccccc3C(F)(F)F)nn2)cc1. The lowest BCUT2D eigenvalue weighted by molar-refractivity contribution is -0.139. The maximum Gasteiger partial charge on any atom is 0.419 e. The number of carbonyl (C=O) groups excluding carboxylic acids is 1. The minimum atomic E-state index is -4.56. The number of halogens is 3. The average Bonchev–Trinajstić information content (AvgIpc) is 2.80. The minimum Gasteiger partial charge on any atom is -0.497 e. The quantitative estimate of drug-likeness (QED) is 0.503. The molecule has 0 saturated heterocycles. The first-order valence-electron chi connectivity index (χ1n) is 9.53. The molecule has 0 unspecified atom stereocenters. The van der Waals surface area contributed by atoms with E-state index in [9.17, 15) is 18.0 Å². The highest BCUT2D eigenvalue weighted by molar-refractivity contribution is 5.77. The van der Waals surface area contributed by atoms with Gasteiger partial charge in [0.1, 0.15) is 18.1 Å². The molecule has 3 rings (SSSR count). The number of aromatic nitrogens is 2. The molecule has 168 valence electrons. The molecule has 10 heteroatoms. The van der Waals surface area contributed by atoms with E-state index in [2.05, 4.69) is 15.5 Å². The predicted octanol–water partition coefficient (Wildman–Crippen LogP) is 3.75. The fraction of sp³-hybridized carbons (Fsp3) is 0.227. The third-order valence-corrected chi connectivity index (χ3v) is 4.25. The van der Waals surface area contributed by atoms with Crippen LogP contribution in [0.4, 0.5) is 13.2 Å². The molecule has 2 aromatic carbocycles. The van der Waals surface area contributed by atoms with E-state index >= 15 is 0 Å². The lowest BCUT2D eigenvalue weighted by Crippen LogP contribution is -2.32. The Hall–Kier alpha value is -3.82. The fourth-order valence-corrected chi connectivity index (χ4v) is 2.68. The van der Waals surface area contributed by atoms with Gasteiger partial charge in [0.15, 0.2) is 6.61 Å². The summed E-state index contributed by atoms with van der Waals surface area (Å²) >= 11 is 0. The van der Waals surface area contributed by atoms with E-state index in [4.69, 9.17) is 14.2 Å².